The molecule has 0 aliphatic heterocycles. The molecule has 0 saturated heterocycles. The number of nitrogens with two attached hydrogens (primary N) is 1. The molecule has 2 rings (SSSR count). The molecule has 2 amide bonds. The highest BCUT2D eigenvalue weighted by molar-refractivity contribution is 5.95. The Hall–Kier alpha value is -3.06. The molecule has 2 aromatic rings. The maximum atomic E-state index is 12.5. The molecule has 4 N–H and O–H groups in total. The van der Waals surface area contributed by atoms with Crippen molar-refractivity contribution in [1.82, 2.24) is 0 Å². The summed E-state index contributed by atoms with van der Waals surface area (Å²) in [6, 6.07) is 11.9. The monoisotopic (exact) mass is 372 g/mol. The molecule has 0 bridgehead atoms. The van der Waals surface area contributed by atoms with E-state index in [-0.39, 0.29) is 11.9 Å². The Morgan fingerprint density at radius 2 is 1.70 bits per heavy atom. The molecule has 0 aromatic heterocycles. The minimum atomic E-state index is -0.500. The van der Waals surface area contributed by atoms with E-state index in [0.29, 0.717) is 29.3 Å². The summed E-state index contributed by atoms with van der Waals surface area (Å²) in [7, 11) is 5.15. The highest BCUT2D eigenvalue weighted by atomic mass is 16.5. The lowest BCUT2D eigenvalue weighted by atomic mass is 10.1. The maximum Gasteiger partial charge on any atom is 0.282 e. The summed E-state index contributed by atoms with van der Waals surface area (Å²) in [4.78, 5) is 24.6. The standard InChI is InChI=1S/C20H25N3O4/c1-13(20(25)22-16-8-6-15(7-9-16)19(21)24)23(2)12-14-5-10-17(26-3)18(11-14)27-4/h5-11,13H,12H2,1-4H3,(H2,21,24)(H,22,25)/p+1/t13-/m0/s1. The van der Waals surface area contributed by atoms with Gasteiger partial charge in [0.1, 0.15) is 6.54 Å². The van der Waals surface area contributed by atoms with Gasteiger partial charge in [-0.15, -0.1) is 0 Å². The average Bonchev–Trinajstić information content (AvgIpc) is 2.67. The molecule has 7 heteroatoms. The van der Waals surface area contributed by atoms with Gasteiger partial charge >= 0.3 is 0 Å². The summed E-state index contributed by atoms with van der Waals surface area (Å²) in [5, 5.41) is 2.86. The lowest BCUT2D eigenvalue weighted by Crippen LogP contribution is -3.12. The van der Waals surface area contributed by atoms with Crippen molar-refractivity contribution in [1.29, 1.82) is 0 Å². The van der Waals surface area contributed by atoms with Crippen LogP contribution in [-0.4, -0.2) is 39.1 Å². The fraction of sp³-hybridized carbons (Fsp3) is 0.300. The molecule has 0 radical (unpaired) electrons. The third-order valence-electron chi connectivity index (χ3n) is 4.50. The number of amides is 2. The Morgan fingerprint density at radius 3 is 2.26 bits per heavy atom. The third kappa shape index (κ3) is 5.21. The van der Waals surface area contributed by atoms with Crippen LogP contribution in [0.15, 0.2) is 42.5 Å². The van der Waals surface area contributed by atoms with Crippen LogP contribution in [0.5, 0.6) is 11.5 Å². The Labute approximate surface area is 159 Å². The van der Waals surface area contributed by atoms with Gasteiger partial charge in [-0.2, -0.15) is 0 Å². The molecular formula is C20H26N3O4+. The summed E-state index contributed by atoms with van der Waals surface area (Å²) in [5.74, 6) is 0.721. The first-order valence-electron chi connectivity index (χ1n) is 8.59. The van der Waals surface area contributed by atoms with Crippen LogP contribution in [0.3, 0.4) is 0 Å². The van der Waals surface area contributed by atoms with Gasteiger partial charge in [-0.05, 0) is 49.4 Å². The van der Waals surface area contributed by atoms with Crippen LogP contribution >= 0.6 is 0 Å². The highest BCUT2D eigenvalue weighted by Gasteiger charge is 2.22. The van der Waals surface area contributed by atoms with Crippen LogP contribution in [0.25, 0.3) is 0 Å². The SMILES string of the molecule is COc1ccc(C[NH+](C)[C@@H](C)C(=O)Nc2ccc(C(N)=O)cc2)cc1OC. The molecule has 2 atom stereocenters. The zero-order chi connectivity index (χ0) is 20.0. The predicted octanol–water partition coefficient (Wildman–Crippen LogP) is 0.845. The molecule has 2 aromatic carbocycles. The summed E-state index contributed by atoms with van der Waals surface area (Å²) in [6.45, 7) is 2.51. The third-order valence-corrected chi connectivity index (χ3v) is 4.50. The molecule has 0 aliphatic rings. The van der Waals surface area contributed by atoms with Crippen LogP contribution < -0.4 is 25.4 Å². The number of benzene rings is 2. The second-order valence-corrected chi connectivity index (χ2v) is 6.37. The first-order valence-corrected chi connectivity index (χ1v) is 8.59. The molecule has 0 aliphatic carbocycles. The summed E-state index contributed by atoms with van der Waals surface area (Å²) < 4.78 is 10.6. The molecule has 1 unspecified atom stereocenters. The van der Waals surface area contributed by atoms with Crippen molar-refractivity contribution >= 4 is 17.5 Å². The zero-order valence-corrected chi connectivity index (χ0v) is 16.0. The number of methoxy groups -OCH3 is 2. The van der Waals surface area contributed by atoms with Gasteiger partial charge in [0, 0.05) is 16.8 Å². The van der Waals surface area contributed by atoms with E-state index >= 15 is 0 Å². The van der Waals surface area contributed by atoms with Crippen molar-refractivity contribution in [3.63, 3.8) is 0 Å². The maximum absolute atomic E-state index is 12.5. The van der Waals surface area contributed by atoms with E-state index < -0.39 is 5.91 Å². The number of anilines is 1. The number of likely N-dealkylation sites (N-methyl/N-ethyl adjacent to an activating group) is 1. The van der Waals surface area contributed by atoms with E-state index in [0.717, 1.165) is 10.5 Å². The van der Waals surface area contributed by atoms with Crippen molar-refractivity contribution in [2.45, 2.75) is 19.5 Å². The Morgan fingerprint density at radius 1 is 1.07 bits per heavy atom. The minimum absolute atomic E-state index is 0.111. The molecule has 144 valence electrons. The van der Waals surface area contributed by atoms with Crippen molar-refractivity contribution in [3.8, 4) is 11.5 Å². The van der Waals surface area contributed by atoms with Gasteiger partial charge in [0.05, 0.1) is 21.3 Å². The number of hydrogen-bond donors (Lipinski definition) is 3. The van der Waals surface area contributed by atoms with E-state index in [4.69, 9.17) is 15.2 Å². The van der Waals surface area contributed by atoms with Crippen molar-refractivity contribution in [2.75, 3.05) is 26.6 Å². The predicted molar refractivity (Wildman–Crippen MR) is 103 cm³/mol. The number of carbonyl (C=O) groups excluding carboxylic acids is 2. The Kier molecular flexibility index (Phi) is 6.79. The lowest BCUT2D eigenvalue weighted by molar-refractivity contribution is -0.907. The number of quaternary nitrogens is 1. The van der Waals surface area contributed by atoms with Crippen molar-refractivity contribution in [3.05, 3.63) is 53.6 Å². The van der Waals surface area contributed by atoms with Crippen LogP contribution in [0.1, 0.15) is 22.8 Å². The number of carbonyl (C=O) groups is 2. The minimum Gasteiger partial charge on any atom is -0.493 e. The summed E-state index contributed by atoms with van der Waals surface area (Å²) in [5.41, 5.74) is 7.28. The summed E-state index contributed by atoms with van der Waals surface area (Å²) >= 11 is 0. The Bertz CT molecular complexity index is 805. The van der Waals surface area contributed by atoms with Gasteiger partial charge in [0.25, 0.3) is 5.91 Å². The van der Waals surface area contributed by atoms with Crippen LogP contribution in [-0.2, 0) is 11.3 Å². The topological polar surface area (TPSA) is 95.1 Å². The molecule has 0 spiro atoms. The van der Waals surface area contributed by atoms with Gasteiger partial charge in [-0.25, -0.2) is 0 Å². The number of nitrogens with one attached hydrogen (secondary N) is 2. The van der Waals surface area contributed by atoms with Crippen molar-refractivity contribution < 1.29 is 24.0 Å². The molecule has 0 fully saturated rings. The normalized spacial score (nSPS) is 12.7. The number of primary amides is 1. The van der Waals surface area contributed by atoms with E-state index in [2.05, 4.69) is 5.32 Å². The second-order valence-electron chi connectivity index (χ2n) is 6.37. The van der Waals surface area contributed by atoms with Gasteiger partial charge < -0.3 is 25.4 Å². The molecule has 7 nitrogen and oxygen atoms in total. The molecule has 27 heavy (non-hydrogen) atoms. The lowest BCUT2D eigenvalue weighted by Gasteiger charge is -2.21. The fourth-order valence-corrected chi connectivity index (χ4v) is 2.66. The largest absolute Gasteiger partial charge is 0.493 e. The van der Waals surface area contributed by atoms with E-state index in [1.807, 2.05) is 32.2 Å². The van der Waals surface area contributed by atoms with E-state index in [1.165, 1.54) is 0 Å². The van der Waals surface area contributed by atoms with Gasteiger partial charge in [0.2, 0.25) is 5.91 Å². The number of hydrogen-bond acceptors (Lipinski definition) is 4. The van der Waals surface area contributed by atoms with E-state index in [1.54, 1.807) is 38.5 Å². The van der Waals surface area contributed by atoms with E-state index in [9.17, 15) is 9.59 Å². The van der Waals surface area contributed by atoms with Crippen LogP contribution in [0, 0.1) is 0 Å². The van der Waals surface area contributed by atoms with Crippen LogP contribution in [0.4, 0.5) is 5.69 Å². The highest BCUT2D eigenvalue weighted by Crippen LogP contribution is 2.27. The average molecular weight is 372 g/mol. The zero-order valence-electron chi connectivity index (χ0n) is 16.0. The molecule has 0 heterocycles. The fourth-order valence-electron chi connectivity index (χ4n) is 2.66. The first kappa shape index (κ1) is 20.3. The quantitative estimate of drug-likeness (QED) is 0.640. The first-order chi connectivity index (χ1) is 12.8. The number of rotatable bonds is 8. The summed E-state index contributed by atoms with van der Waals surface area (Å²) in [6.07, 6.45) is 0. The van der Waals surface area contributed by atoms with Crippen LogP contribution in [0.2, 0.25) is 0 Å². The molecule has 0 saturated carbocycles. The van der Waals surface area contributed by atoms with Crippen molar-refractivity contribution in [2.24, 2.45) is 5.73 Å². The van der Waals surface area contributed by atoms with Gasteiger partial charge in [0.15, 0.2) is 17.5 Å². The number of ether oxygens (including phenoxy) is 2. The van der Waals surface area contributed by atoms with Gasteiger partial charge in [-0.3, -0.25) is 9.59 Å². The van der Waals surface area contributed by atoms with Gasteiger partial charge in [-0.1, -0.05) is 0 Å². The Balaban J connectivity index is 2.00. The second kappa shape index (κ2) is 9.05. The molecular weight excluding hydrogens is 346 g/mol. The smallest absolute Gasteiger partial charge is 0.282 e.